The Morgan fingerprint density at radius 2 is 0.524 bits per heavy atom. The molecule has 0 bridgehead atoms. The van der Waals surface area contributed by atoms with Gasteiger partial charge in [0.1, 0.15) is 23.0 Å². The summed E-state index contributed by atoms with van der Waals surface area (Å²) < 4.78 is 24.6. The maximum Gasteiger partial charge on any atom is 2.00 e. The maximum atomic E-state index is 6.15. The molecule has 0 aliphatic heterocycles. The fourth-order valence-electron chi connectivity index (χ4n) is 7.39. The second-order valence-electron chi connectivity index (χ2n) is 16.3. The van der Waals surface area contributed by atoms with Crippen LogP contribution in [0.25, 0.3) is 0 Å². The van der Waals surface area contributed by atoms with E-state index in [0.717, 1.165) is 74.4 Å². The molecule has 0 saturated carbocycles. The number of hydrogen-bond donors (Lipinski definition) is 0. The molecule has 0 aliphatic rings. The zero-order chi connectivity index (χ0) is 44.7. The van der Waals surface area contributed by atoms with E-state index in [0.29, 0.717) is 0 Å². The zero-order valence-corrected chi connectivity index (χ0v) is 48.6. The molecule has 0 radical (unpaired) electrons. The molecular formula is C52H76BaO4P2S4. The van der Waals surface area contributed by atoms with Gasteiger partial charge in [-0.1, -0.05) is 203 Å². The molecule has 4 aromatic rings. The van der Waals surface area contributed by atoms with E-state index in [9.17, 15) is 0 Å². The fraction of sp³-hybridized carbons (Fsp3) is 0.538. The Bertz CT molecular complexity index is 1630. The van der Waals surface area contributed by atoms with Gasteiger partial charge >= 0.3 is 48.9 Å². The van der Waals surface area contributed by atoms with Crippen LogP contribution in [0, 0.1) is 0 Å². The van der Waals surface area contributed by atoms with Crippen molar-refractivity contribution in [2.24, 2.45) is 0 Å². The average Bonchev–Trinajstić information content (AvgIpc) is 3.25. The van der Waals surface area contributed by atoms with Gasteiger partial charge in [0.2, 0.25) is 0 Å². The predicted octanol–water partition coefficient (Wildman–Crippen LogP) is 17.5. The maximum absolute atomic E-state index is 6.15. The van der Waals surface area contributed by atoms with E-state index in [1.54, 1.807) is 0 Å². The molecule has 63 heavy (non-hydrogen) atoms. The summed E-state index contributed by atoms with van der Waals surface area (Å²) in [5.41, 5.74) is -1.06. The average molecular weight is 1090 g/mol. The summed E-state index contributed by atoms with van der Waals surface area (Å²) in [5, 5.41) is 0. The Balaban J connectivity index is 0.000000427. The van der Waals surface area contributed by atoms with Crippen LogP contribution in [-0.4, -0.2) is 48.9 Å². The smallest absolute Gasteiger partial charge is 0.665 e. The first kappa shape index (κ1) is 58.8. The molecular weight excluding hydrogens is 1020 g/mol. The molecule has 0 unspecified atom stereocenters. The molecule has 0 spiro atoms. The Hall–Kier alpha value is -0.349. The Morgan fingerprint density at radius 3 is 0.730 bits per heavy atom. The molecule has 4 rings (SSSR count). The summed E-state index contributed by atoms with van der Waals surface area (Å²) in [6.45, 7) is 8.96. The minimum absolute atomic E-state index is 0. The molecule has 0 N–H and O–H groups in total. The van der Waals surface area contributed by atoms with Crippen LogP contribution in [0.2, 0.25) is 0 Å². The third-order valence-electron chi connectivity index (χ3n) is 10.9. The Labute approximate surface area is 445 Å². The minimum atomic E-state index is -2.87. The van der Waals surface area contributed by atoms with Crippen LogP contribution < -0.4 is 18.1 Å². The number of hydrogen-bond acceptors (Lipinski definition) is 8. The van der Waals surface area contributed by atoms with Crippen LogP contribution in [0.4, 0.5) is 0 Å². The summed E-state index contributed by atoms with van der Waals surface area (Å²) in [6.07, 6.45) is 28.9. The number of unbranched alkanes of at least 4 members (excludes halogenated alkanes) is 16. The first-order valence-corrected chi connectivity index (χ1v) is 31.1. The van der Waals surface area contributed by atoms with Crippen LogP contribution in [0.1, 0.15) is 178 Å². The van der Waals surface area contributed by atoms with E-state index in [2.05, 4.69) is 76.2 Å². The molecule has 344 valence electrons. The molecule has 0 amide bonds. The van der Waals surface area contributed by atoms with Gasteiger partial charge < -0.3 is 42.6 Å². The van der Waals surface area contributed by atoms with Crippen LogP contribution in [0.5, 0.6) is 23.0 Å². The quantitative estimate of drug-likeness (QED) is 0.0207. The van der Waals surface area contributed by atoms with E-state index in [4.69, 9.17) is 66.2 Å². The monoisotopic (exact) mass is 1090 g/mol. The minimum Gasteiger partial charge on any atom is -0.665 e. The van der Waals surface area contributed by atoms with E-state index < -0.39 is 11.4 Å². The molecule has 4 aromatic carbocycles. The largest absolute Gasteiger partial charge is 2.00 e. The summed E-state index contributed by atoms with van der Waals surface area (Å²) in [6, 6.07) is 32.5. The van der Waals surface area contributed by atoms with E-state index in [-0.39, 0.29) is 48.9 Å². The van der Waals surface area contributed by atoms with Crippen molar-refractivity contribution in [3.8, 4) is 23.0 Å². The fourth-order valence-corrected chi connectivity index (χ4v) is 11.1. The van der Waals surface area contributed by atoms with Crippen molar-refractivity contribution in [3.05, 3.63) is 119 Å². The van der Waals surface area contributed by atoms with Gasteiger partial charge in [0.25, 0.3) is 0 Å². The molecule has 0 saturated heterocycles. The van der Waals surface area contributed by atoms with E-state index in [1.165, 1.54) is 125 Å². The van der Waals surface area contributed by atoms with Crippen molar-refractivity contribution in [2.75, 3.05) is 0 Å². The number of benzene rings is 4. The number of rotatable bonds is 32. The summed E-state index contributed by atoms with van der Waals surface area (Å²) in [4.78, 5) is 0. The third kappa shape index (κ3) is 26.1. The van der Waals surface area contributed by atoms with Gasteiger partial charge in [0.15, 0.2) is 11.4 Å². The third-order valence-corrected chi connectivity index (χ3v) is 14.4. The first-order chi connectivity index (χ1) is 30.1. The second-order valence-corrected chi connectivity index (χ2v) is 26.0. The summed E-state index contributed by atoms with van der Waals surface area (Å²) >= 11 is 22.6. The Morgan fingerprint density at radius 1 is 0.333 bits per heavy atom. The van der Waals surface area contributed by atoms with Crippen molar-refractivity contribution < 1.29 is 18.1 Å². The van der Waals surface area contributed by atoms with Crippen LogP contribution in [0.3, 0.4) is 0 Å². The van der Waals surface area contributed by atoms with Crippen molar-refractivity contribution in [1.29, 1.82) is 0 Å². The normalized spacial score (nSPS) is 11.3. The molecule has 0 fully saturated rings. The standard InChI is InChI=1S/2C26H39O2PS2.Ba/c2*1-3-5-7-9-11-17-23-19-13-15-21-25(23)27-29(30,31)28-26-22-16-14-20-24(26)18-12-10-8-6-4-2;/h2*13-16,19-22H,3-12,17-18H2,1-2H3,(H,30,31);/q;;+2/p-2. The van der Waals surface area contributed by atoms with E-state index >= 15 is 0 Å². The van der Waals surface area contributed by atoms with Gasteiger partial charge in [0.05, 0.1) is 0 Å². The molecule has 0 atom stereocenters. The van der Waals surface area contributed by atoms with Crippen molar-refractivity contribution in [3.63, 3.8) is 0 Å². The molecule has 0 aromatic heterocycles. The Kier molecular flexibility index (Phi) is 33.4. The van der Waals surface area contributed by atoms with Gasteiger partial charge in [-0.05, 0) is 121 Å². The molecule has 0 aliphatic carbocycles. The predicted molar refractivity (Wildman–Crippen MR) is 287 cm³/mol. The molecule has 4 nitrogen and oxygen atoms in total. The van der Waals surface area contributed by atoms with Crippen LogP contribution in [-0.2, 0) is 73.8 Å². The molecule has 0 heterocycles. The van der Waals surface area contributed by atoms with Gasteiger partial charge in [-0.25, -0.2) is 0 Å². The van der Waals surface area contributed by atoms with Crippen LogP contribution >= 0.6 is 11.4 Å². The summed E-state index contributed by atoms with van der Waals surface area (Å²) in [7, 11) is 0. The topological polar surface area (TPSA) is 36.9 Å². The number of aryl methyl sites for hydroxylation is 4. The first-order valence-electron chi connectivity index (χ1n) is 23.8. The van der Waals surface area contributed by atoms with Crippen LogP contribution in [0.15, 0.2) is 97.1 Å². The van der Waals surface area contributed by atoms with Gasteiger partial charge in [-0.2, -0.15) is 0 Å². The van der Waals surface area contributed by atoms with Crippen molar-refractivity contribution in [1.82, 2.24) is 0 Å². The van der Waals surface area contributed by atoms with Crippen molar-refractivity contribution in [2.45, 2.75) is 182 Å². The SMILES string of the molecule is CCCCCCCc1ccccc1OP(=S)([S-])Oc1ccccc1CCCCCCC.CCCCCCCc1ccccc1OP(=S)([S-])Oc1ccccc1CCCCCCC.[Ba+2]. The van der Waals surface area contributed by atoms with Gasteiger partial charge in [-0.15, -0.1) is 0 Å². The van der Waals surface area contributed by atoms with E-state index in [1.807, 2.05) is 48.5 Å². The summed E-state index contributed by atoms with van der Waals surface area (Å²) in [5.74, 6) is 3.14. The second kappa shape index (κ2) is 35.7. The van der Waals surface area contributed by atoms with Gasteiger partial charge in [-0.3, -0.25) is 0 Å². The zero-order valence-electron chi connectivity index (χ0n) is 39.1. The molecule has 11 heteroatoms. The number of para-hydroxylation sites is 4. The van der Waals surface area contributed by atoms with Gasteiger partial charge in [0, 0.05) is 0 Å². The van der Waals surface area contributed by atoms with Crippen molar-refractivity contribution >= 4 is 108 Å².